The van der Waals surface area contributed by atoms with Crippen LogP contribution in [0.1, 0.15) is 11.4 Å². The smallest absolute Gasteiger partial charge is 0.155 e. The molecule has 4 rings (SSSR count). The number of aromatic nitrogens is 8. The fraction of sp³-hybridized carbons (Fsp3) is 0.0667. The second kappa shape index (κ2) is 5.76. The Balaban J connectivity index is 1.61. The van der Waals surface area contributed by atoms with Crippen LogP contribution in [0.25, 0.3) is 11.6 Å². The van der Waals surface area contributed by atoms with Gasteiger partial charge in [0.25, 0.3) is 0 Å². The molecule has 0 aliphatic heterocycles. The summed E-state index contributed by atoms with van der Waals surface area (Å²) in [5.74, 6) is 1.46. The number of rotatable bonds is 4. The van der Waals surface area contributed by atoms with Gasteiger partial charge in [-0.2, -0.15) is 10.2 Å². The molecular formula is C15H12N8. The van der Waals surface area contributed by atoms with Gasteiger partial charge < -0.3 is 0 Å². The number of hydrogen-bond donors (Lipinski definition) is 0. The highest BCUT2D eigenvalue weighted by atomic mass is 15.3. The summed E-state index contributed by atoms with van der Waals surface area (Å²) in [4.78, 5) is 17.0. The monoisotopic (exact) mass is 304 g/mol. The maximum Gasteiger partial charge on any atom is 0.155 e. The van der Waals surface area contributed by atoms with E-state index < -0.39 is 0 Å². The Hall–Kier alpha value is -3.42. The average Bonchev–Trinajstić information content (AvgIpc) is 3.29. The van der Waals surface area contributed by atoms with Crippen LogP contribution in [-0.2, 0) is 6.42 Å². The Morgan fingerprint density at radius 3 is 1.65 bits per heavy atom. The van der Waals surface area contributed by atoms with Crippen LogP contribution in [0.2, 0.25) is 0 Å². The van der Waals surface area contributed by atoms with Gasteiger partial charge in [0.1, 0.15) is 25.3 Å². The van der Waals surface area contributed by atoms with E-state index >= 15 is 0 Å². The second-order valence-electron chi connectivity index (χ2n) is 4.83. The van der Waals surface area contributed by atoms with Crippen molar-refractivity contribution in [2.75, 3.05) is 0 Å². The van der Waals surface area contributed by atoms with Gasteiger partial charge in [-0.1, -0.05) is 12.1 Å². The Labute approximate surface area is 131 Å². The molecule has 0 aromatic carbocycles. The minimum absolute atomic E-state index is 0.616. The Kier molecular flexibility index (Phi) is 3.32. The van der Waals surface area contributed by atoms with Crippen LogP contribution in [0.3, 0.4) is 0 Å². The lowest BCUT2D eigenvalue weighted by Gasteiger charge is -2.05. The van der Waals surface area contributed by atoms with Gasteiger partial charge in [-0.3, -0.25) is 0 Å². The largest absolute Gasteiger partial charge is 0.233 e. The number of pyridine rings is 2. The summed E-state index contributed by atoms with van der Waals surface area (Å²) in [5.41, 5.74) is 1.81. The summed E-state index contributed by atoms with van der Waals surface area (Å²) < 4.78 is 3.26. The lowest BCUT2D eigenvalue weighted by molar-refractivity contribution is 0.820. The maximum absolute atomic E-state index is 4.59. The van der Waals surface area contributed by atoms with Crippen LogP contribution >= 0.6 is 0 Å². The van der Waals surface area contributed by atoms with Crippen molar-refractivity contribution in [1.82, 2.24) is 39.5 Å². The van der Waals surface area contributed by atoms with Crippen LogP contribution in [-0.4, -0.2) is 39.5 Å². The Morgan fingerprint density at radius 1 is 0.696 bits per heavy atom. The summed E-state index contributed by atoms with van der Waals surface area (Å²) in [6, 6.07) is 11.6. The van der Waals surface area contributed by atoms with Crippen LogP contribution < -0.4 is 0 Å². The summed E-state index contributed by atoms with van der Waals surface area (Å²) in [6.45, 7) is 0. The standard InChI is InChI=1S/C15H12N8/c1-3-12(20-14(5-1)22-10-16-8-18-22)7-13-4-2-6-15(21-13)23-11-17-9-19-23/h1-6,8-11H,7H2. The molecule has 0 spiro atoms. The maximum atomic E-state index is 4.59. The molecule has 8 heteroatoms. The minimum atomic E-state index is 0.616. The number of hydrogen-bond acceptors (Lipinski definition) is 6. The van der Waals surface area contributed by atoms with Gasteiger partial charge in [-0.25, -0.2) is 29.3 Å². The predicted octanol–water partition coefficient (Wildman–Crippen LogP) is 1.23. The first kappa shape index (κ1) is 13.3. The first-order valence-electron chi connectivity index (χ1n) is 7.00. The molecule has 4 aromatic heterocycles. The van der Waals surface area contributed by atoms with Crippen molar-refractivity contribution < 1.29 is 0 Å². The highest BCUT2D eigenvalue weighted by molar-refractivity contribution is 5.28. The van der Waals surface area contributed by atoms with Crippen molar-refractivity contribution in [3.8, 4) is 11.6 Å². The molecule has 4 heterocycles. The van der Waals surface area contributed by atoms with E-state index in [0.717, 1.165) is 23.0 Å². The molecular weight excluding hydrogens is 292 g/mol. The molecule has 0 amide bonds. The minimum Gasteiger partial charge on any atom is -0.233 e. The molecule has 4 aromatic rings. The van der Waals surface area contributed by atoms with E-state index in [1.165, 1.54) is 12.7 Å². The van der Waals surface area contributed by atoms with Gasteiger partial charge in [-0.05, 0) is 24.3 Å². The zero-order chi connectivity index (χ0) is 15.5. The van der Waals surface area contributed by atoms with E-state index in [1.54, 1.807) is 22.0 Å². The molecule has 112 valence electrons. The van der Waals surface area contributed by atoms with E-state index in [2.05, 4.69) is 30.1 Å². The van der Waals surface area contributed by atoms with Crippen molar-refractivity contribution in [3.05, 3.63) is 73.1 Å². The Bertz CT molecular complexity index is 823. The van der Waals surface area contributed by atoms with Gasteiger partial charge in [0.15, 0.2) is 11.6 Å². The van der Waals surface area contributed by atoms with Gasteiger partial charge in [0.05, 0.1) is 0 Å². The van der Waals surface area contributed by atoms with E-state index in [4.69, 9.17) is 0 Å². The van der Waals surface area contributed by atoms with Crippen LogP contribution in [0.5, 0.6) is 0 Å². The van der Waals surface area contributed by atoms with Crippen molar-refractivity contribution in [1.29, 1.82) is 0 Å². The van der Waals surface area contributed by atoms with E-state index in [1.807, 2.05) is 36.4 Å². The first-order chi connectivity index (χ1) is 11.4. The van der Waals surface area contributed by atoms with Gasteiger partial charge in [0, 0.05) is 17.8 Å². The predicted molar refractivity (Wildman–Crippen MR) is 81.1 cm³/mol. The summed E-state index contributed by atoms with van der Waals surface area (Å²) in [5, 5.41) is 8.18. The molecule has 0 saturated carbocycles. The average molecular weight is 304 g/mol. The summed E-state index contributed by atoms with van der Waals surface area (Å²) in [7, 11) is 0. The third kappa shape index (κ3) is 2.82. The van der Waals surface area contributed by atoms with Crippen molar-refractivity contribution >= 4 is 0 Å². The lowest BCUT2D eigenvalue weighted by atomic mass is 10.2. The summed E-state index contributed by atoms with van der Waals surface area (Å²) in [6.07, 6.45) is 6.82. The van der Waals surface area contributed by atoms with Gasteiger partial charge in [0.2, 0.25) is 0 Å². The topological polar surface area (TPSA) is 87.2 Å². The highest BCUT2D eigenvalue weighted by Gasteiger charge is 2.05. The molecule has 0 bridgehead atoms. The van der Waals surface area contributed by atoms with Crippen LogP contribution in [0.15, 0.2) is 61.7 Å². The second-order valence-corrected chi connectivity index (χ2v) is 4.83. The first-order valence-corrected chi connectivity index (χ1v) is 7.00. The third-order valence-electron chi connectivity index (χ3n) is 3.25. The fourth-order valence-corrected chi connectivity index (χ4v) is 2.22. The molecule has 0 fully saturated rings. The fourth-order valence-electron chi connectivity index (χ4n) is 2.22. The highest BCUT2D eigenvalue weighted by Crippen LogP contribution is 2.10. The lowest BCUT2D eigenvalue weighted by Crippen LogP contribution is -2.04. The molecule has 0 aliphatic carbocycles. The SMILES string of the molecule is c1cc(Cc2cccc(-n3cncn3)n2)nc(-n2cncn2)c1. The molecule has 0 saturated heterocycles. The molecule has 0 radical (unpaired) electrons. The van der Waals surface area contributed by atoms with E-state index in [-0.39, 0.29) is 0 Å². The zero-order valence-electron chi connectivity index (χ0n) is 12.1. The quantitative estimate of drug-likeness (QED) is 0.563. The van der Waals surface area contributed by atoms with E-state index in [9.17, 15) is 0 Å². The van der Waals surface area contributed by atoms with E-state index in [0.29, 0.717) is 6.42 Å². The molecule has 0 unspecified atom stereocenters. The van der Waals surface area contributed by atoms with Crippen molar-refractivity contribution in [2.45, 2.75) is 6.42 Å². The van der Waals surface area contributed by atoms with Gasteiger partial charge >= 0.3 is 0 Å². The molecule has 0 N–H and O–H groups in total. The summed E-state index contributed by atoms with van der Waals surface area (Å²) >= 11 is 0. The normalized spacial score (nSPS) is 10.8. The molecule has 0 aliphatic rings. The third-order valence-corrected chi connectivity index (χ3v) is 3.25. The van der Waals surface area contributed by atoms with Crippen LogP contribution in [0.4, 0.5) is 0 Å². The van der Waals surface area contributed by atoms with Crippen LogP contribution in [0, 0.1) is 0 Å². The van der Waals surface area contributed by atoms with Gasteiger partial charge in [-0.15, -0.1) is 0 Å². The Morgan fingerprint density at radius 2 is 1.22 bits per heavy atom. The zero-order valence-corrected chi connectivity index (χ0v) is 12.1. The molecule has 8 nitrogen and oxygen atoms in total. The van der Waals surface area contributed by atoms with Crippen molar-refractivity contribution in [3.63, 3.8) is 0 Å². The van der Waals surface area contributed by atoms with Crippen molar-refractivity contribution in [2.24, 2.45) is 0 Å². The molecule has 23 heavy (non-hydrogen) atoms. The number of nitrogens with zero attached hydrogens (tertiary/aromatic N) is 8. The molecule has 0 atom stereocenters.